The van der Waals surface area contributed by atoms with Crippen LogP contribution in [0.4, 0.5) is 0 Å². The molecule has 2 atom stereocenters. The maximum absolute atomic E-state index is 6.15. The molecule has 3 saturated heterocycles. The molecule has 0 amide bonds. The van der Waals surface area contributed by atoms with Crippen molar-refractivity contribution < 1.29 is 14.2 Å². The summed E-state index contributed by atoms with van der Waals surface area (Å²) in [7, 11) is 0. The van der Waals surface area contributed by atoms with Crippen LogP contribution in [0.25, 0.3) is 0 Å². The van der Waals surface area contributed by atoms with Gasteiger partial charge in [0.15, 0.2) is 5.96 Å². The molecule has 3 aliphatic heterocycles. The zero-order valence-corrected chi connectivity index (χ0v) is 19.6. The summed E-state index contributed by atoms with van der Waals surface area (Å²) in [6.07, 6.45) is 3.46. The van der Waals surface area contributed by atoms with Gasteiger partial charge in [-0.2, -0.15) is 0 Å². The lowest BCUT2D eigenvalue weighted by atomic mass is 10.0. The van der Waals surface area contributed by atoms with Crippen molar-refractivity contribution in [3.05, 3.63) is 35.9 Å². The Balaban J connectivity index is 1.24. The number of aliphatic imine (C=N–C) groups is 1. The van der Waals surface area contributed by atoms with E-state index in [4.69, 9.17) is 19.2 Å². The standard InChI is InChI=1S/C25H40N4O3/c1-2-26-25(27-11-6-13-31-20-22-9-14-30-15-10-22)29-18-23-24(19-29)32-16-12-28(23)17-21-7-4-3-5-8-21/h3-5,7-8,22-24H,2,6,9-20H2,1H3,(H,26,27). The minimum absolute atomic E-state index is 0.249. The van der Waals surface area contributed by atoms with Crippen LogP contribution in [0, 0.1) is 5.92 Å². The van der Waals surface area contributed by atoms with Crippen molar-refractivity contribution in [2.75, 3.05) is 65.8 Å². The summed E-state index contributed by atoms with van der Waals surface area (Å²) in [4.78, 5) is 9.86. The summed E-state index contributed by atoms with van der Waals surface area (Å²) < 4.78 is 17.5. The zero-order chi connectivity index (χ0) is 22.0. The first kappa shape index (κ1) is 23.5. The van der Waals surface area contributed by atoms with Crippen LogP contribution in [0.1, 0.15) is 31.7 Å². The van der Waals surface area contributed by atoms with Crippen LogP contribution in [0.3, 0.4) is 0 Å². The molecule has 7 heteroatoms. The van der Waals surface area contributed by atoms with E-state index in [9.17, 15) is 0 Å². The van der Waals surface area contributed by atoms with Gasteiger partial charge < -0.3 is 24.4 Å². The summed E-state index contributed by atoms with van der Waals surface area (Å²) in [5.41, 5.74) is 1.37. The molecule has 1 aromatic carbocycles. The van der Waals surface area contributed by atoms with E-state index < -0.39 is 0 Å². The van der Waals surface area contributed by atoms with Gasteiger partial charge in [0.1, 0.15) is 0 Å². The second-order valence-corrected chi connectivity index (χ2v) is 9.06. The third-order valence-electron chi connectivity index (χ3n) is 6.68. The predicted octanol–water partition coefficient (Wildman–Crippen LogP) is 2.37. The Bertz CT molecular complexity index is 696. The van der Waals surface area contributed by atoms with Crippen LogP contribution in [0.5, 0.6) is 0 Å². The van der Waals surface area contributed by atoms with Gasteiger partial charge in [-0.05, 0) is 37.7 Å². The van der Waals surface area contributed by atoms with Gasteiger partial charge in [0.25, 0.3) is 0 Å². The van der Waals surface area contributed by atoms with E-state index in [-0.39, 0.29) is 6.10 Å². The number of rotatable bonds is 9. The summed E-state index contributed by atoms with van der Waals surface area (Å²) in [5, 5.41) is 3.49. The van der Waals surface area contributed by atoms with Crippen LogP contribution in [-0.4, -0.2) is 93.7 Å². The molecule has 0 bridgehead atoms. The Morgan fingerprint density at radius 3 is 2.81 bits per heavy atom. The monoisotopic (exact) mass is 444 g/mol. The number of fused-ring (bicyclic) bond motifs is 1. The second-order valence-electron chi connectivity index (χ2n) is 9.06. The maximum Gasteiger partial charge on any atom is 0.194 e. The van der Waals surface area contributed by atoms with Crippen LogP contribution >= 0.6 is 0 Å². The molecule has 3 heterocycles. The first-order valence-electron chi connectivity index (χ1n) is 12.4. The van der Waals surface area contributed by atoms with Gasteiger partial charge in [0.2, 0.25) is 0 Å². The Hall–Kier alpha value is -1.67. The average molecular weight is 445 g/mol. The van der Waals surface area contributed by atoms with Gasteiger partial charge in [0, 0.05) is 65.7 Å². The molecule has 0 saturated carbocycles. The number of morpholine rings is 1. The molecule has 1 N–H and O–H groups in total. The average Bonchev–Trinajstić information content (AvgIpc) is 3.27. The molecule has 4 rings (SSSR count). The molecule has 3 aliphatic rings. The Morgan fingerprint density at radius 1 is 1.16 bits per heavy atom. The van der Waals surface area contributed by atoms with E-state index in [1.807, 2.05) is 0 Å². The lowest BCUT2D eigenvalue weighted by Crippen LogP contribution is -2.50. The van der Waals surface area contributed by atoms with E-state index in [0.717, 1.165) is 97.5 Å². The lowest BCUT2D eigenvalue weighted by Gasteiger charge is -2.36. The number of hydrogen-bond acceptors (Lipinski definition) is 5. The number of ether oxygens (including phenoxy) is 3. The third kappa shape index (κ3) is 6.67. The molecule has 7 nitrogen and oxygen atoms in total. The highest BCUT2D eigenvalue weighted by molar-refractivity contribution is 5.80. The van der Waals surface area contributed by atoms with E-state index in [1.165, 1.54) is 5.56 Å². The zero-order valence-electron chi connectivity index (χ0n) is 19.6. The van der Waals surface area contributed by atoms with Crippen LogP contribution in [0.15, 0.2) is 35.3 Å². The number of benzene rings is 1. The molecular weight excluding hydrogens is 404 g/mol. The molecule has 0 spiro atoms. The topological polar surface area (TPSA) is 58.6 Å². The first-order chi connectivity index (χ1) is 15.8. The smallest absolute Gasteiger partial charge is 0.194 e. The summed E-state index contributed by atoms with van der Waals surface area (Å²) >= 11 is 0. The number of likely N-dealkylation sites (tertiary alicyclic amines) is 1. The molecular formula is C25H40N4O3. The Kier molecular flexibility index (Phi) is 9.20. The molecule has 3 fully saturated rings. The Labute approximate surface area is 193 Å². The molecule has 1 aromatic rings. The fourth-order valence-electron chi connectivity index (χ4n) is 4.89. The van der Waals surface area contributed by atoms with E-state index >= 15 is 0 Å². The SMILES string of the molecule is CCNC(=NCCCOCC1CCOCC1)N1CC2OCCN(Cc3ccccc3)C2C1. The summed E-state index contributed by atoms with van der Waals surface area (Å²) in [5.74, 6) is 1.67. The third-order valence-corrected chi connectivity index (χ3v) is 6.68. The highest BCUT2D eigenvalue weighted by Crippen LogP contribution is 2.24. The van der Waals surface area contributed by atoms with E-state index in [2.05, 4.69) is 52.4 Å². The minimum atomic E-state index is 0.249. The van der Waals surface area contributed by atoms with Gasteiger partial charge in [0.05, 0.1) is 18.8 Å². The van der Waals surface area contributed by atoms with Crippen molar-refractivity contribution in [3.63, 3.8) is 0 Å². The van der Waals surface area contributed by atoms with Gasteiger partial charge in [-0.3, -0.25) is 9.89 Å². The minimum Gasteiger partial charge on any atom is -0.381 e. The van der Waals surface area contributed by atoms with Crippen molar-refractivity contribution in [1.82, 2.24) is 15.1 Å². The number of nitrogens with zero attached hydrogens (tertiary/aromatic N) is 3. The molecule has 178 valence electrons. The summed E-state index contributed by atoms with van der Waals surface area (Å²) in [6.45, 7) is 11.8. The van der Waals surface area contributed by atoms with Gasteiger partial charge in [-0.15, -0.1) is 0 Å². The van der Waals surface area contributed by atoms with Gasteiger partial charge >= 0.3 is 0 Å². The van der Waals surface area contributed by atoms with Crippen molar-refractivity contribution in [2.45, 2.75) is 44.9 Å². The van der Waals surface area contributed by atoms with Crippen molar-refractivity contribution in [3.8, 4) is 0 Å². The second kappa shape index (κ2) is 12.5. The van der Waals surface area contributed by atoms with Crippen LogP contribution < -0.4 is 5.32 Å². The van der Waals surface area contributed by atoms with Crippen molar-refractivity contribution in [2.24, 2.45) is 10.9 Å². The highest BCUT2D eigenvalue weighted by Gasteiger charge is 2.41. The van der Waals surface area contributed by atoms with Crippen molar-refractivity contribution >= 4 is 5.96 Å². The Morgan fingerprint density at radius 2 is 2.00 bits per heavy atom. The first-order valence-corrected chi connectivity index (χ1v) is 12.4. The predicted molar refractivity (Wildman–Crippen MR) is 127 cm³/mol. The van der Waals surface area contributed by atoms with E-state index in [0.29, 0.717) is 12.0 Å². The molecule has 0 aromatic heterocycles. The van der Waals surface area contributed by atoms with Gasteiger partial charge in [-0.1, -0.05) is 30.3 Å². The maximum atomic E-state index is 6.15. The van der Waals surface area contributed by atoms with Crippen LogP contribution in [-0.2, 0) is 20.8 Å². The molecule has 0 radical (unpaired) electrons. The molecule has 32 heavy (non-hydrogen) atoms. The summed E-state index contributed by atoms with van der Waals surface area (Å²) in [6, 6.07) is 11.2. The highest BCUT2D eigenvalue weighted by atomic mass is 16.5. The number of hydrogen-bond donors (Lipinski definition) is 1. The van der Waals surface area contributed by atoms with Gasteiger partial charge in [-0.25, -0.2) is 0 Å². The van der Waals surface area contributed by atoms with Crippen LogP contribution in [0.2, 0.25) is 0 Å². The van der Waals surface area contributed by atoms with Crippen molar-refractivity contribution in [1.29, 1.82) is 0 Å². The fraction of sp³-hybridized carbons (Fsp3) is 0.720. The largest absolute Gasteiger partial charge is 0.381 e. The number of nitrogens with one attached hydrogen (secondary N) is 1. The normalized spacial score (nSPS) is 25.2. The molecule has 2 unspecified atom stereocenters. The van der Waals surface area contributed by atoms with E-state index in [1.54, 1.807) is 0 Å². The number of guanidine groups is 1. The lowest BCUT2D eigenvalue weighted by molar-refractivity contribution is -0.0502. The molecule has 0 aliphatic carbocycles. The quantitative estimate of drug-likeness (QED) is 0.359. The fourth-order valence-corrected chi connectivity index (χ4v) is 4.89.